The number of benzene rings is 1. The number of hydrogen-bond acceptors (Lipinski definition) is 5. The summed E-state index contributed by atoms with van der Waals surface area (Å²) in [4.78, 5) is 18.3. The topological polar surface area (TPSA) is 62.5 Å². The molecule has 0 spiro atoms. The van der Waals surface area contributed by atoms with Crippen LogP contribution in [0.1, 0.15) is 5.56 Å². The van der Waals surface area contributed by atoms with Gasteiger partial charge in [0.15, 0.2) is 0 Å². The van der Waals surface area contributed by atoms with Crippen molar-refractivity contribution in [3.63, 3.8) is 0 Å². The van der Waals surface area contributed by atoms with Crippen LogP contribution in [0.3, 0.4) is 0 Å². The van der Waals surface area contributed by atoms with Gasteiger partial charge in [0.2, 0.25) is 5.82 Å². The van der Waals surface area contributed by atoms with Crippen LogP contribution in [0.2, 0.25) is 0 Å². The van der Waals surface area contributed by atoms with Gasteiger partial charge in [0, 0.05) is 44.1 Å². The zero-order valence-electron chi connectivity index (χ0n) is 13.1. The Morgan fingerprint density at radius 1 is 1.04 bits per heavy atom. The van der Waals surface area contributed by atoms with Gasteiger partial charge in [0.25, 0.3) is 0 Å². The summed E-state index contributed by atoms with van der Waals surface area (Å²) in [6, 6.07) is 8.07. The first kappa shape index (κ1) is 17.0. The summed E-state index contributed by atoms with van der Waals surface area (Å²) in [5.41, 5.74) is -0.271. The fourth-order valence-electron chi connectivity index (χ4n) is 2.83. The largest absolute Gasteiger partial charge is 0.416 e. The van der Waals surface area contributed by atoms with Gasteiger partial charge in [-0.05, 0) is 24.3 Å². The second-order valence-electron chi connectivity index (χ2n) is 5.63. The minimum Gasteiger partial charge on any atom is -0.368 e. The van der Waals surface area contributed by atoms with Gasteiger partial charge >= 0.3 is 11.9 Å². The maximum Gasteiger partial charge on any atom is 0.416 e. The van der Waals surface area contributed by atoms with E-state index in [1.165, 1.54) is 24.4 Å². The molecule has 132 valence electrons. The van der Waals surface area contributed by atoms with Crippen LogP contribution in [0.15, 0.2) is 42.6 Å². The molecular weight excluding hydrogens is 337 g/mol. The lowest BCUT2D eigenvalue weighted by atomic mass is 10.1. The average molecular weight is 352 g/mol. The van der Waals surface area contributed by atoms with Gasteiger partial charge in [0.05, 0.1) is 10.5 Å². The highest BCUT2D eigenvalue weighted by Gasteiger charge is 2.31. The third kappa shape index (κ3) is 3.65. The molecule has 0 saturated carbocycles. The van der Waals surface area contributed by atoms with Gasteiger partial charge in [-0.3, -0.25) is 10.1 Å². The lowest BCUT2D eigenvalue weighted by Crippen LogP contribution is -2.47. The lowest BCUT2D eigenvalue weighted by molar-refractivity contribution is -0.384. The van der Waals surface area contributed by atoms with Crippen LogP contribution in [0.4, 0.5) is 30.4 Å². The molecule has 3 rings (SSSR count). The molecule has 0 amide bonds. The van der Waals surface area contributed by atoms with E-state index in [9.17, 15) is 23.3 Å². The summed E-state index contributed by atoms with van der Waals surface area (Å²) in [6.45, 7) is 1.78. The molecule has 9 heteroatoms. The van der Waals surface area contributed by atoms with Crippen LogP contribution < -0.4 is 9.80 Å². The van der Waals surface area contributed by atoms with Crippen LogP contribution in [0.25, 0.3) is 0 Å². The smallest absolute Gasteiger partial charge is 0.368 e. The number of halogens is 3. The summed E-state index contributed by atoms with van der Waals surface area (Å²) in [5.74, 6) is 0.288. The van der Waals surface area contributed by atoms with E-state index in [4.69, 9.17) is 0 Å². The molecule has 6 nitrogen and oxygen atoms in total. The number of pyridine rings is 1. The van der Waals surface area contributed by atoms with Crippen molar-refractivity contribution >= 4 is 17.2 Å². The second-order valence-corrected chi connectivity index (χ2v) is 5.63. The zero-order valence-corrected chi connectivity index (χ0v) is 13.1. The van der Waals surface area contributed by atoms with Gasteiger partial charge in [0.1, 0.15) is 0 Å². The predicted molar refractivity (Wildman–Crippen MR) is 86.8 cm³/mol. The van der Waals surface area contributed by atoms with Gasteiger partial charge in [-0.25, -0.2) is 4.98 Å². The molecule has 0 N–H and O–H groups in total. The van der Waals surface area contributed by atoms with Gasteiger partial charge < -0.3 is 9.80 Å². The molecule has 1 aliphatic rings. The monoisotopic (exact) mass is 352 g/mol. The number of nitro groups is 1. The molecule has 1 saturated heterocycles. The van der Waals surface area contributed by atoms with Crippen LogP contribution >= 0.6 is 0 Å². The summed E-state index contributed by atoms with van der Waals surface area (Å²) in [5, 5.41) is 11.1. The zero-order chi connectivity index (χ0) is 18.0. The summed E-state index contributed by atoms with van der Waals surface area (Å²) >= 11 is 0. The van der Waals surface area contributed by atoms with Crippen LogP contribution in [-0.4, -0.2) is 36.1 Å². The highest BCUT2D eigenvalue weighted by atomic mass is 19.4. The normalized spacial score (nSPS) is 15.3. The molecular formula is C16H15F3N4O2. The fourth-order valence-corrected chi connectivity index (χ4v) is 2.83. The van der Waals surface area contributed by atoms with Gasteiger partial charge in [-0.2, -0.15) is 13.2 Å². The molecule has 25 heavy (non-hydrogen) atoms. The Hall–Kier alpha value is -2.84. The standard InChI is InChI=1S/C16H15F3N4O2/c17-16(18,19)12-3-1-4-13(11-12)21-7-9-22(10-8-21)15-14(23(24)25)5-2-6-20-15/h1-6,11H,7-10H2. The third-order valence-electron chi connectivity index (χ3n) is 4.08. The van der Waals surface area contributed by atoms with E-state index in [-0.39, 0.29) is 11.5 Å². The maximum absolute atomic E-state index is 12.8. The maximum atomic E-state index is 12.8. The molecule has 1 aliphatic heterocycles. The number of alkyl halides is 3. The van der Waals surface area contributed by atoms with Crippen molar-refractivity contribution < 1.29 is 18.1 Å². The number of piperazine rings is 1. The fraction of sp³-hybridized carbons (Fsp3) is 0.312. The minimum absolute atomic E-state index is 0.0741. The number of rotatable bonds is 3. The molecule has 2 heterocycles. The first-order valence-electron chi connectivity index (χ1n) is 7.63. The SMILES string of the molecule is O=[N+]([O-])c1cccnc1N1CCN(c2cccc(C(F)(F)F)c2)CC1. The van der Waals surface area contributed by atoms with E-state index >= 15 is 0 Å². The Morgan fingerprint density at radius 2 is 1.72 bits per heavy atom. The van der Waals surface area contributed by atoms with Crippen molar-refractivity contribution in [3.05, 3.63) is 58.3 Å². The molecule has 2 aromatic rings. The second kappa shape index (κ2) is 6.58. The van der Waals surface area contributed by atoms with Crippen LogP contribution in [0.5, 0.6) is 0 Å². The first-order valence-corrected chi connectivity index (χ1v) is 7.63. The molecule has 0 atom stereocenters. The molecule has 0 radical (unpaired) electrons. The highest BCUT2D eigenvalue weighted by molar-refractivity contribution is 5.59. The number of nitrogens with zero attached hydrogens (tertiary/aromatic N) is 4. The third-order valence-corrected chi connectivity index (χ3v) is 4.08. The summed E-state index contributed by atoms with van der Waals surface area (Å²) in [6.07, 6.45) is -2.89. The quantitative estimate of drug-likeness (QED) is 0.626. The first-order chi connectivity index (χ1) is 11.9. The Morgan fingerprint density at radius 3 is 2.36 bits per heavy atom. The van der Waals surface area contributed by atoms with E-state index in [1.807, 2.05) is 4.90 Å². The summed E-state index contributed by atoms with van der Waals surface area (Å²) < 4.78 is 38.5. The van der Waals surface area contributed by atoms with Crippen molar-refractivity contribution in [2.24, 2.45) is 0 Å². The molecule has 0 bridgehead atoms. The van der Waals surface area contributed by atoms with E-state index < -0.39 is 16.7 Å². The van der Waals surface area contributed by atoms with Crippen LogP contribution in [-0.2, 0) is 6.18 Å². The van der Waals surface area contributed by atoms with E-state index in [2.05, 4.69) is 4.98 Å². The molecule has 0 aliphatic carbocycles. The van der Waals surface area contributed by atoms with Crippen molar-refractivity contribution in [1.29, 1.82) is 0 Å². The van der Waals surface area contributed by atoms with Gasteiger partial charge in [-0.15, -0.1) is 0 Å². The van der Waals surface area contributed by atoms with E-state index in [0.717, 1.165) is 12.1 Å². The number of aromatic nitrogens is 1. The van der Waals surface area contributed by atoms with Crippen molar-refractivity contribution in [2.45, 2.75) is 6.18 Å². The molecule has 1 aromatic heterocycles. The van der Waals surface area contributed by atoms with Crippen LogP contribution in [0, 0.1) is 10.1 Å². The van der Waals surface area contributed by atoms with Crippen molar-refractivity contribution in [1.82, 2.24) is 4.98 Å². The molecule has 1 fully saturated rings. The predicted octanol–water partition coefficient (Wildman–Crippen LogP) is 3.34. The molecule has 0 unspecified atom stereocenters. The lowest BCUT2D eigenvalue weighted by Gasteiger charge is -2.36. The Balaban J connectivity index is 1.74. The van der Waals surface area contributed by atoms with Crippen molar-refractivity contribution in [3.8, 4) is 0 Å². The van der Waals surface area contributed by atoms with Gasteiger partial charge in [-0.1, -0.05) is 6.07 Å². The average Bonchev–Trinajstić information content (AvgIpc) is 2.61. The molecule has 1 aromatic carbocycles. The van der Waals surface area contributed by atoms with E-state index in [0.29, 0.717) is 31.9 Å². The number of hydrogen-bond donors (Lipinski definition) is 0. The number of anilines is 2. The highest BCUT2D eigenvalue weighted by Crippen LogP contribution is 2.32. The van der Waals surface area contributed by atoms with Crippen molar-refractivity contribution in [2.75, 3.05) is 36.0 Å². The summed E-state index contributed by atoms with van der Waals surface area (Å²) in [7, 11) is 0. The van der Waals surface area contributed by atoms with E-state index in [1.54, 1.807) is 11.0 Å². The minimum atomic E-state index is -4.38. The Bertz CT molecular complexity index is 774. The Kier molecular flexibility index (Phi) is 4.47. The Labute approximate surface area is 141 Å².